The van der Waals surface area contributed by atoms with E-state index in [1.54, 1.807) is 6.07 Å². The van der Waals surface area contributed by atoms with Crippen LogP contribution in [-0.2, 0) is 22.7 Å². The first-order valence-electron chi connectivity index (χ1n) is 5.29. The molecule has 8 heteroatoms. The topological polar surface area (TPSA) is 83.0 Å². The molecule has 19 heavy (non-hydrogen) atoms. The third-order valence-electron chi connectivity index (χ3n) is 2.24. The Kier molecular flexibility index (Phi) is 4.10. The Morgan fingerprint density at radius 2 is 2.32 bits per heavy atom. The average molecular weight is 329 g/mol. The molecule has 6 nitrogen and oxygen atoms in total. The predicted molar refractivity (Wildman–Crippen MR) is 68.3 cm³/mol. The molecule has 0 aliphatic heterocycles. The van der Waals surface area contributed by atoms with E-state index in [0.717, 1.165) is 0 Å². The Morgan fingerprint density at radius 1 is 1.53 bits per heavy atom. The zero-order chi connectivity index (χ0) is 13.8. The summed E-state index contributed by atoms with van der Waals surface area (Å²) >= 11 is 3.25. The Hall–Kier alpha value is -1.96. The molecule has 2 aromatic rings. The van der Waals surface area contributed by atoms with Crippen LogP contribution in [-0.4, -0.2) is 20.7 Å². The van der Waals surface area contributed by atoms with Crippen molar-refractivity contribution in [2.45, 2.75) is 13.2 Å². The minimum absolute atomic E-state index is 0.0264. The summed E-state index contributed by atoms with van der Waals surface area (Å²) < 4.78 is 20.0. The van der Waals surface area contributed by atoms with Gasteiger partial charge in [-0.05, 0) is 18.2 Å². The molecule has 100 valence electrons. The van der Waals surface area contributed by atoms with Gasteiger partial charge in [-0.3, -0.25) is 4.79 Å². The highest BCUT2D eigenvalue weighted by Crippen LogP contribution is 2.18. The van der Waals surface area contributed by atoms with Gasteiger partial charge >= 0.3 is 5.97 Å². The first kappa shape index (κ1) is 13.5. The van der Waals surface area contributed by atoms with Crippen LogP contribution in [0.2, 0.25) is 0 Å². The van der Waals surface area contributed by atoms with Gasteiger partial charge in [-0.15, -0.1) is 5.10 Å². The average Bonchev–Trinajstić information content (AvgIpc) is 2.76. The number of aromatic nitrogens is 3. The van der Waals surface area contributed by atoms with Gasteiger partial charge < -0.3 is 10.5 Å². The number of hydrogen-bond donors (Lipinski definition) is 1. The predicted octanol–water partition coefficient (Wildman–Crippen LogP) is 1.51. The lowest BCUT2D eigenvalue weighted by atomic mass is 10.2. The van der Waals surface area contributed by atoms with Crippen molar-refractivity contribution >= 4 is 27.8 Å². The molecule has 0 unspecified atom stereocenters. The van der Waals surface area contributed by atoms with E-state index in [1.807, 2.05) is 0 Å². The minimum Gasteiger partial charge on any atom is -0.459 e. The Balaban J connectivity index is 1.91. The van der Waals surface area contributed by atoms with Gasteiger partial charge in [-0.2, -0.15) is 0 Å². The maximum Gasteiger partial charge on any atom is 0.328 e. The van der Waals surface area contributed by atoms with E-state index >= 15 is 0 Å². The molecular formula is C11H10BrFN4O2. The molecule has 2 N–H and O–H groups in total. The van der Waals surface area contributed by atoms with E-state index in [1.165, 1.54) is 23.1 Å². The third-order valence-corrected chi connectivity index (χ3v) is 3.02. The highest BCUT2D eigenvalue weighted by atomic mass is 79.9. The summed E-state index contributed by atoms with van der Waals surface area (Å²) in [5, 5.41) is 3.75. The summed E-state index contributed by atoms with van der Waals surface area (Å²) in [5.41, 5.74) is 5.86. The Bertz CT molecular complexity index is 602. The van der Waals surface area contributed by atoms with Crippen LogP contribution in [0.1, 0.15) is 5.56 Å². The quantitative estimate of drug-likeness (QED) is 0.860. The Morgan fingerprint density at radius 3 is 3.00 bits per heavy atom. The van der Waals surface area contributed by atoms with E-state index in [-0.39, 0.29) is 19.1 Å². The van der Waals surface area contributed by atoms with Gasteiger partial charge in [-0.1, -0.05) is 15.9 Å². The molecule has 0 fully saturated rings. The van der Waals surface area contributed by atoms with E-state index in [9.17, 15) is 9.18 Å². The van der Waals surface area contributed by atoms with Gasteiger partial charge in [0.15, 0.2) is 0 Å². The summed E-state index contributed by atoms with van der Waals surface area (Å²) in [4.78, 5) is 15.2. The number of benzene rings is 1. The molecule has 0 aliphatic rings. The largest absolute Gasteiger partial charge is 0.459 e. The summed E-state index contributed by atoms with van der Waals surface area (Å²) in [7, 11) is 0. The number of anilines is 1. The lowest BCUT2D eigenvalue weighted by molar-refractivity contribution is -0.145. The van der Waals surface area contributed by atoms with Gasteiger partial charge in [0, 0.05) is 10.0 Å². The number of carbonyl (C=O) groups excluding carboxylic acids is 1. The number of nitrogen functional groups attached to an aromatic ring is 1. The van der Waals surface area contributed by atoms with Gasteiger partial charge in [0.05, 0.1) is 0 Å². The van der Waals surface area contributed by atoms with Gasteiger partial charge in [0.1, 0.15) is 25.3 Å². The lowest BCUT2D eigenvalue weighted by Crippen LogP contribution is -2.14. The van der Waals surface area contributed by atoms with E-state index in [4.69, 9.17) is 10.5 Å². The fourth-order valence-corrected chi connectivity index (χ4v) is 1.74. The SMILES string of the molecule is Nc1ncn(CC(=O)OCc2cc(F)ccc2Br)n1. The summed E-state index contributed by atoms with van der Waals surface area (Å²) in [5.74, 6) is -0.819. The van der Waals surface area contributed by atoms with E-state index in [0.29, 0.717) is 10.0 Å². The molecular weight excluding hydrogens is 319 g/mol. The second kappa shape index (κ2) is 5.79. The second-order valence-electron chi connectivity index (χ2n) is 3.70. The van der Waals surface area contributed by atoms with E-state index < -0.39 is 11.8 Å². The highest BCUT2D eigenvalue weighted by Gasteiger charge is 2.08. The third kappa shape index (κ3) is 3.75. The maximum absolute atomic E-state index is 13.0. The summed E-state index contributed by atoms with van der Waals surface area (Å²) in [6.45, 7) is -0.126. The van der Waals surface area contributed by atoms with Crippen molar-refractivity contribution in [3.63, 3.8) is 0 Å². The van der Waals surface area contributed by atoms with Crippen LogP contribution in [0.25, 0.3) is 0 Å². The second-order valence-corrected chi connectivity index (χ2v) is 4.55. The van der Waals surface area contributed by atoms with Crippen molar-refractivity contribution in [3.8, 4) is 0 Å². The molecule has 0 aliphatic carbocycles. The van der Waals surface area contributed by atoms with Crippen molar-refractivity contribution in [1.82, 2.24) is 14.8 Å². The molecule has 0 amide bonds. The first-order valence-corrected chi connectivity index (χ1v) is 6.08. The maximum atomic E-state index is 13.0. The lowest BCUT2D eigenvalue weighted by Gasteiger charge is -2.06. The number of nitrogens with zero attached hydrogens (tertiary/aromatic N) is 3. The molecule has 0 atom stereocenters. The van der Waals surface area contributed by atoms with Crippen molar-refractivity contribution in [1.29, 1.82) is 0 Å². The number of rotatable bonds is 4. The fraction of sp³-hybridized carbons (Fsp3) is 0.182. The minimum atomic E-state index is -0.513. The number of hydrogen-bond acceptors (Lipinski definition) is 5. The molecule has 2 rings (SSSR count). The van der Waals surface area contributed by atoms with E-state index in [2.05, 4.69) is 26.0 Å². The van der Waals surface area contributed by atoms with Crippen LogP contribution in [0.15, 0.2) is 29.0 Å². The van der Waals surface area contributed by atoms with Crippen molar-refractivity contribution in [2.75, 3.05) is 5.73 Å². The van der Waals surface area contributed by atoms with Gasteiger partial charge in [-0.25, -0.2) is 14.1 Å². The van der Waals surface area contributed by atoms with Crippen LogP contribution in [0, 0.1) is 5.82 Å². The summed E-state index contributed by atoms with van der Waals surface area (Å²) in [6.07, 6.45) is 1.33. The first-order chi connectivity index (χ1) is 9.04. The number of ether oxygens (including phenoxy) is 1. The monoisotopic (exact) mass is 328 g/mol. The molecule has 0 saturated heterocycles. The van der Waals surface area contributed by atoms with Crippen LogP contribution in [0.3, 0.4) is 0 Å². The standard InChI is InChI=1S/C11H10BrFN4O2/c12-9-2-1-8(13)3-7(9)5-19-10(18)4-17-6-15-11(14)16-17/h1-3,6H,4-5H2,(H2,14,16). The number of esters is 1. The number of halogens is 2. The fourth-order valence-electron chi connectivity index (χ4n) is 1.38. The smallest absolute Gasteiger partial charge is 0.328 e. The molecule has 1 heterocycles. The molecule has 0 bridgehead atoms. The molecule has 0 saturated carbocycles. The van der Waals surface area contributed by atoms with Gasteiger partial charge in [0.25, 0.3) is 0 Å². The van der Waals surface area contributed by atoms with Crippen molar-refractivity contribution < 1.29 is 13.9 Å². The van der Waals surface area contributed by atoms with Crippen molar-refractivity contribution in [2.24, 2.45) is 0 Å². The van der Waals surface area contributed by atoms with Crippen LogP contribution in [0.4, 0.5) is 10.3 Å². The molecule has 0 spiro atoms. The molecule has 1 aromatic carbocycles. The zero-order valence-corrected chi connectivity index (χ0v) is 11.3. The Labute approximate surface area is 116 Å². The van der Waals surface area contributed by atoms with Crippen LogP contribution in [0.5, 0.6) is 0 Å². The highest BCUT2D eigenvalue weighted by molar-refractivity contribution is 9.10. The number of carbonyl (C=O) groups is 1. The zero-order valence-electron chi connectivity index (χ0n) is 9.72. The van der Waals surface area contributed by atoms with Crippen LogP contribution >= 0.6 is 15.9 Å². The molecule has 1 aromatic heterocycles. The van der Waals surface area contributed by atoms with Gasteiger partial charge in [0.2, 0.25) is 5.95 Å². The normalized spacial score (nSPS) is 10.4. The van der Waals surface area contributed by atoms with Crippen LogP contribution < -0.4 is 5.73 Å². The molecule has 0 radical (unpaired) electrons. The number of nitrogens with two attached hydrogens (primary N) is 1. The van der Waals surface area contributed by atoms with Crippen molar-refractivity contribution in [3.05, 3.63) is 40.4 Å². The summed E-state index contributed by atoms with van der Waals surface area (Å²) in [6, 6.07) is 4.16.